The van der Waals surface area contributed by atoms with Gasteiger partial charge in [-0.15, -0.1) is 11.3 Å². The maximum absolute atomic E-state index is 13.5. The van der Waals surface area contributed by atoms with Gasteiger partial charge in [-0.1, -0.05) is 19.9 Å². The van der Waals surface area contributed by atoms with Crippen LogP contribution in [0.15, 0.2) is 48.1 Å². The van der Waals surface area contributed by atoms with E-state index in [2.05, 4.69) is 40.8 Å². The van der Waals surface area contributed by atoms with Crippen molar-refractivity contribution in [3.05, 3.63) is 53.7 Å². The highest BCUT2D eigenvalue weighted by Gasteiger charge is 2.40. The number of anilines is 1. The Bertz CT molecular complexity index is 1670. The molecule has 11 nitrogen and oxygen atoms in total. The van der Waals surface area contributed by atoms with Gasteiger partial charge in [-0.2, -0.15) is 5.10 Å². The van der Waals surface area contributed by atoms with Crippen LogP contribution in [0.5, 0.6) is 0 Å². The number of likely N-dealkylation sites (N-methyl/N-ethyl adjacent to an activating group) is 1. The summed E-state index contributed by atoms with van der Waals surface area (Å²) in [6, 6.07) is 9.52. The topological polar surface area (TPSA) is 125 Å². The molecule has 42 heavy (non-hydrogen) atoms. The quantitative estimate of drug-likeness (QED) is 0.251. The normalized spacial score (nSPS) is 16.6. The molecule has 1 atom stereocenters. The van der Waals surface area contributed by atoms with Gasteiger partial charge in [0.1, 0.15) is 5.82 Å². The number of amides is 1. The average molecular weight is 609 g/mol. The number of pyridine rings is 1. The molecule has 222 valence electrons. The highest BCUT2D eigenvalue weighted by molar-refractivity contribution is 7.90. The third-order valence-corrected chi connectivity index (χ3v) is 10.9. The fourth-order valence-electron chi connectivity index (χ4n) is 5.32. The molecule has 0 spiro atoms. The average Bonchev–Trinajstić information content (AvgIpc) is 3.54. The lowest BCUT2D eigenvalue weighted by Crippen LogP contribution is -2.60. The highest BCUT2D eigenvalue weighted by Crippen LogP contribution is 2.31. The summed E-state index contributed by atoms with van der Waals surface area (Å²) in [6.07, 6.45) is 5.05. The second-order valence-electron chi connectivity index (χ2n) is 11.0. The Hall–Kier alpha value is -3.39. The predicted octanol–water partition coefficient (Wildman–Crippen LogP) is 3.25. The minimum Gasteiger partial charge on any atom is -0.353 e. The van der Waals surface area contributed by atoms with E-state index in [1.165, 1.54) is 0 Å². The van der Waals surface area contributed by atoms with Crippen molar-refractivity contribution < 1.29 is 13.2 Å². The number of carbonyl (C=O) groups is 1. The van der Waals surface area contributed by atoms with E-state index >= 15 is 0 Å². The third-order valence-electron chi connectivity index (χ3n) is 7.99. The maximum Gasteiger partial charge on any atom is 0.251 e. The first kappa shape index (κ1) is 28.7. The first-order valence-corrected chi connectivity index (χ1v) is 16.9. The molecule has 0 aromatic carbocycles. The summed E-state index contributed by atoms with van der Waals surface area (Å²) in [5.74, 6) is 0.430. The standard InChI is InChI=1S/C29H36N8O3S2/c1-4-35(5-2)19(3)15-30-29(38)20-13-25(23-16-31-37-11-10-24(33-28(23)37)26-7-6-12-41-26)32-27(14-20)36-17-21(18-36)34-42(39,40)22-8-9-22/h6-7,10-14,16,19,21-22,34H,4-5,8-9,15,17-18H2,1-3H3,(H,30,38)/t19-/m0/s1. The monoisotopic (exact) mass is 608 g/mol. The Labute approximate surface area is 250 Å². The zero-order valence-corrected chi connectivity index (χ0v) is 25.7. The van der Waals surface area contributed by atoms with Gasteiger partial charge in [0.05, 0.1) is 39.3 Å². The number of nitrogens with one attached hydrogen (secondary N) is 2. The van der Waals surface area contributed by atoms with Crippen LogP contribution in [0.1, 0.15) is 44.0 Å². The smallest absolute Gasteiger partial charge is 0.251 e. The second-order valence-corrected chi connectivity index (χ2v) is 13.9. The van der Waals surface area contributed by atoms with Crippen molar-refractivity contribution in [3.63, 3.8) is 0 Å². The zero-order valence-electron chi connectivity index (χ0n) is 24.0. The molecule has 6 rings (SSSR count). The molecule has 1 saturated carbocycles. The number of thiophene rings is 1. The van der Waals surface area contributed by atoms with E-state index in [1.54, 1.807) is 34.2 Å². The molecule has 13 heteroatoms. The second kappa shape index (κ2) is 11.7. The minimum absolute atomic E-state index is 0.180. The number of sulfonamides is 1. The zero-order chi connectivity index (χ0) is 29.4. The van der Waals surface area contributed by atoms with Gasteiger partial charge < -0.3 is 10.2 Å². The fraction of sp³-hybridized carbons (Fsp3) is 0.448. The van der Waals surface area contributed by atoms with Gasteiger partial charge in [0.25, 0.3) is 5.91 Å². The van der Waals surface area contributed by atoms with Gasteiger partial charge in [0.2, 0.25) is 10.0 Å². The molecular formula is C29H36N8O3S2. The van der Waals surface area contributed by atoms with Gasteiger partial charge in [0.15, 0.2) is 5.65 Å². The summed E-state index contributed by atoms with van der Waals surface area (Å²) < 4.78 is 29.4. The first-order chi connectivity index (χ1) is 20.3. The Morgan fingerprint density at radius 1 is 1.14 bits per heavy atom. The van der Waals surface area contributed by atoms with E-state index in [9.17, 15) is 13.2 Å². The van der Waals surface area contributed by atoms with Gasteiger partial charge in [0, 0.05) is 37.4 Å². The molecular weight excluding hydrogens is 573 g/mol. The Morgan fingerprint density at radius 3 is 2.62 bits per heavy atom. The molecule has 2 aliphatic rings. The lowest BCUT2D eigenvalue weighted by Gasteiger charge is -2.40. The molecule has 1 aliphatic heterocycles. The Kier molecular flexibility index (Phi) is 8.01. The van der Waals surface area contributed by atoms with Crippen LogP contribution in [0, 0.1) is 0 Å². The van der Waals surface area contributed by atoms with E-state index in [4.69, 9.17) is 9.97 Å². The van der Waals surface area contributed by atoms with E-state index in [0.717, 1.165) is 36.5 Å². The van der Waals surface area contributed by atoms with Crippen molar-refractivity contribution in [1.82, 2.24) is 34.5 Å². The number of hydrogen-bond donors (Lipinski definition) is 2. The van der Waals surface area contributed by atoms with Crippen molar-refractivity contribution in [1.29, 1.82) is 0 Å². The van der Waals surface area contributed by atoms with E-state index < -0.39 is 10.0 Å². The van der Waals surface area contributed by atoms with Crippen molar-refractivity contribution in [2.45, 2.75) is 50.9 Å². The maximum atomic E-state index is 13.5. The van der Waals surface area contributed by atoms with Crippen molar-refractivity contribution in [2.24, 2.45) is 0 Å². The molecule has 4 aromatic rings. The number of fused-ring (bicyclic) bond motifs is 1. The van der Waals surface area contributed by atoms with Crippen LogP contribution in [0.4, 0.5) is 5.82 Å². The van der Waals surface area contributed by atoms with Crippen molar-refractivity contribution in [3.8, 4) is 21.8 Å². The molecule has 5 heterocycles. The van der Waals surface area contributed by atoms with Crippen molar-refractivity contribution >= 4 is 38.7 Å². The van der Waals surface area contributed by atoms with Crippen LogP contribution in [0.3, 0.4) is 0 Å². The van der Waals surface area contributed by atoms with Gasteiger partial charge >= 0.3 is 0 Å². The Balaban J connectivity index is 1.30. The summed E-state index contributed by atoms with van der Waals surface area (Å²) >= 11 is 1.61. The lowest BCUT2D eigenvalue weighted by molar-refractivity contribution is 0.0938. The minimum atomic E-state index is -3.28. The van der Waals surface area contributed by atoms with Gasteiger partial charge in [-0.25, -0.2) is 27.6 Å². The first-order valence-electron chi connectivity index (χ1n) is 14.4. The van der Waals surface area contributed by atoms with E-state index in [-0.39, 0.29) is 23.2 Å². The van der Waals surface area contributed by atoms with Crippen LogP contribution in [0.2, 0.25) is 0 Å². The molecule has 0 unspecified atom stereocenters. The van der Waals surface area contributed by atoms with Crippen LogP contribution >= 0.6 is 11.3 Å². The molecule has 4 aromatic heterocycles. The Morgan fingerprint density at radius 2 is 1.93 bits per heavy atom. The number of nitrogens with zero attached hydrogens (tertiary/aromatic N) is 6. The highest BCUT2D eigenvalue weighted by atomic mass is 32.2. The van der Waals surface area contributed by atoms with E-state index in [1.807, 2.05) is 34.7 Å². The number of carbonyl (C=O) groups excluding carboxylic acids is 1. The SMILES string of the molecule is CCN(CC)[C@@H](C)CNC(=O)c1cc(-c2cnn3ccc(-c4cccs4)nc23)nc(N2CC(NS(=O)(=O)C3CC3)C2)c1. The molecule has 0 radical (unpaired) electrons. The van der Waals surface area contributed by atoms with Gasteiger partial charge in [-0.3, -0.25) is 9.69 Å². The van der Waals surface area contributed by atoms with Crippen LogP contribution < -0.4 is 14.9 Å². The number of aromatic nitrogens is 4. The predicted molar refractivity (Wildman–Crippen MR) is 165 cm³/mol. The largest absolute Gasteiger partial charge is 0.353 e. The van der Waals surface area contributed by atoms with Crippen LogP contribution in [-0.4, -0.2) is 88.9 Å². The molecule has 1 aliphatic carbocycles. The summed E-state index contributed by atoms with van der Waals surface area (Å²) in [4.78, 5) is 28.6. The number of rotatable bonds is 12. The summed E-state index contributed by atoms with van der Waals surface area (Å²) in [5, 5.41) is 9.34. The van der Waals surface area contributed by atoms with E-state index in [0.29, 0.717) is 47.9 Å². The van der Waals surface area contributed by atoms with Crippen LogP contribution in [-0.2, 0) is 10.0 Å². The summed E-state index contributed by atoms with van der Waals surface area (Å²) in [6.45, 7) is 9.64. The molecule has 0 bridgehead atoms. The van der Waals surface area contributed by atoms with Gasteiger partial charge in [-0.05, 0) is 62.5 Å². The summed E-state index contributed by atoms with van der Waals surface area (Å²) in [7, 11) is -3.28. The van der Waals surface area contributed by atoms with Crippen LogP contribution in [0.25, 0.3) is 27.5 Å². The summed E-state index contributed by atoms with van der Waals surface area (Å²) in [5.41, 5.74) is 3.27. The molecule has 1 amide bonds. The molecule has 1 saturated heterocycles. The van der Waals surface area contributed by atoms with Crippen molar-refractivity contribution in [2.75, 3.05) is 37.6 Å². The molecule has 2 N–H and O–H groups in total. The lowest BCUT2D eigenvalue weighted by atomic mass is 10.1. The molecule has 2 fully saturated rings. The third kappa shape index (κ3) is 5.91. The number of hydrogen-bond acceptors (Lipinski definition) is 9. The fourth-order valence-corrected chi connectivity index (χ4v) is 7.58.